The van der Waals surface area contributed by atoms with Crippen LogP contribution < -0.4 is 9.80 Å². The molecule has 0 spiro atoms. The summed E-state index contributed by atoms with van der Waals surface area (Å²) in [5, 5.41) is 8.93. The van der Waals surface area contributed by atoms with Crippen molar-refractivity contribution in [2.75, 3.05) is 62.2 Å². The van der Waals surface area contributed by atoms with Gasteiger partial charge in [0.15, 0.2) is 0 Å². The zero-order chi connectivity index (χ0) is 29.3. The molecule has 40 heavy (non-hydrogen) atoms. The number of anilines is 2. The van der Waals surface area contributed by atoms with Crippen molar-refractivity contribution in [1.29, 1.82) is 0 Å². The number of hydrogen-bond acceptors (Lipinski definition) is 5. The molecule has 0 aliphatic carbocycles. The van der Waals surface area contributed by atoms with Gasteiger partial charge in [0.2, 0.25) is 0 Å². The quantitative estimate of drug-likeness (QED) is 0.480. The van der Waals surface area contributed by atoms with E-state index in [1.54, 1.807) is 31.7 Å². The minimum Gasteiger partial charge on any atom is -0.465 e. The van der Waals surface area contributed by atoms with Crippen LogP contribution in [-0.4, -0.2) is 85.1 Å². The zero-order valence-corrected chi connectivity index (χ0v) is 23.4. The zero-order valence-electron chi connectivity index (χ0n) is 23.4. The van der Waals surface area contributed by atoms with E-state index < -0.39 is 23.4 Å². The third-order valence-electron chi connectivity index (χ3n) is 6.57. The van der Waals surface area contributed by atoms with Crippen LogP contribution in [0, 0.1) is 0 Å². The molecule has 0 atom stereocenters. The molecule has 2 aromatic carbocycles. The standard InChI is InChI=1S/C17H23F3N2O2.C12H16N2O2/c1-16(2,3)24-15(23)22-9-5-8-21(10-11-22)14-7-4-6-13(12-14)17(18,19)20;15-12(16)14-8-4-7-13(9-10-14)11-5-2-1-3-6-11/h4,6-7,12H,5,8-11H2,1-3H3;1-3,5-6H,4,7-10H2,(H,15,16). The highest BCUT2D eigenvalue weighted by Gasteiger charge is 2.31. The molecule has 2 aromatic rings. The Morgan fingerprint density at radius 1 is 0.725 bits per heavy atom. The second-order valence-corrected chi connectivity index (χ2v) is 10.8. The second kappa shape index (κ2) is 13.6. The van der Waals surface area contributed by atoms with E-state index in [1.165, 1.54) is 16.7 Å². The fraction of sp³-hybridized carbons (Fsp3) is 0.517. The molecule has 0 unspecified atom stereocenters. The van der Waals surface area contributed by atoms with Gasteiger partial charge in [0, 0.05) is 63.7 Å². The van der Waals surface area contributed by atoms with E-state index in [-0.39, 0.29) is 6.09 Å². The number of carbonyl (C=O) groups excluding carboxylic acids is 1. The lowest BCUT2D eigenvalue weighted by Gasteiger charge is -2.27. The Hall–Kier alpha value is -3.63. The van der Waals surface area contributed by atoms with Crippen LogP contribution in [0.5, 0.6) is 0 Å². The highest BCUT2D eigenvalue weighted by atomic mass is 19.4. The predicted octanol–water partition coefficient (Wildman–Crippen LogP) is 6.03. The topological polar surface area (TPSA) is 76.6 Å². The van der Waals surface area contributed by atoms with Gasteiger partial charge in [0.25, 0.3) is 0 Å². The number of carboxylic acid groups (broad SMARTS) is 1. The van der Waals surface area contributed by atoms with Crippen molar-refractivity contribution < 1.29 is 32.6 Å². The summed E-state index contributed by atoms with van der Waals surface area (Å²) in [6.07, 6.45) is -3.98. The van der Waals surface area contributed by atoms with Gasteiger partial charge < -0.3 is 29.4 Å². The molecule has 2 aliphatic heterocycles. The molecule has 0 saturated carbocycles. The molecule has 1 N–H and O–H groups in total. The fourth-order valence-electron chi connectivity index (χ4n) is 4.57. The van der Waals surface area contributed by atoms with Crippen LogP contribution >= 0.6 is 0 Å². The molecule has 2 aliphatic rings. The number of hydrogen-bond donors (Lipinski definition) is 1. The van der Waals surface area contributed by atoms with E-state index in [1.807, 2.05) is 23.1 Å². The number of amides is 2. The average molecular weight is 565 g/mol. The number of ether oxygens (including phenoxy) is 1. The van der Waals surface area contributed by atoms with E-state index in [4.69, 9.17) is 9.84 Å². The molecule has 8 nitrogen and oxygen atoms in total. The van der Waals surface area contributed by atoms with Crippen LogP contribution in [0.1, 0.15) is 39.2 Å². The molecule has 0 bridgehead atoms. The molecule has 2 fully saturated rings. The highest BCUT2D eigenvalue weighted by Crippen LogP contribution is 2.32. The molecular formula is C29H39F3N4O4. The van der Waals surface area contributed by atoms with Crippen LogP contribution in [0.15, 0.2) is 54.6 Å². The number of benzene rings is 2. The Balaban J connectivity index is 0.000000238. The van der Waals surface area contributed by atoms with Crippen molar-refractivity contribution in [3.05, 3.63) is 60.2 Å². The Labute approximate surface area is 233 Å². The molecule has 0 radical (unpaired) electrons. The molecule has 2 heterocycles. The Bertz CT molecular complexity index is 1110. The largest absolute Gasteiger partial charge is 0.465 e. The van der Waals surface area contributed by atoms with Crippen LogP contribution in [0.25, 0.3) is 0 Å². The van der Waals surface area contributed by atoms with Gasteiger partial charge in [0.05, 0.1) is 5.56 Å². The number of halogens is 3. The average Bonchev–Trinajstić information content (AvgIpc) is 3.30. The smallest absolute Gasteiger partial charge is 0.416 e. The molecule has 220 valence electrons. The summed E-state index contributed by atoms with van der Waals surface area (Å²) in [6.45, 7) is 10.4. The number of nitrogens with zero attached hydrogens (tertiary/aromatic N) is 4. The summed E-state index contributed by atoms with van der Waals surface area (Å²) in [5.74, 6) is 0. The number of alkyl halides is 3. The maximum absolute atomic E-state index is 12.9. The van der Waals surface area contributed by atoms with Gasteiger partial charge in [-0.1, -0.05) is 24.3 Å². The highest BCUT2D eigenvalue weighted by molar-refractivity contribution is 5.68. The number of carbonyl (C=O) groups is 2. The van der Waals surface area contributed by atoms with Gasteiger partial charge in [-0.25, -0.2) is 9.59 Å². The maximum Gasteiger partial charge on any atom is 0.416 e. The normalized spacial score (nSPS) is 16.9. The monoisotopic (exact) mass is 564 g/mol. The van der Waals surface area contributed by atoms with Crippen molar-refractivity contribution in [3.8, 4) is 0 Å². The van der Waals surface area contributed by atoms with Crippen molar-refractivity contribution >= 4 is 23.6 Å². The van der Waals surface area contributed by atoms with Crippen molar-refractivity contribution in [1.82, 2.24) is 9.80 Å². The Kier molecular flexibility index (Phi) is 10.5. The summed E-state index contributed by atoms with van der Waals surface area (Å²) in [4.78, 5) is 30.2. The summed E-state index contributed by atoms with van der Waals surface area (Å²) in [7, 11) is 0. The van der Waals surface area contributed by atoms with Crippen LogP contribution in [-0.2, 0) is 10.9 Å². The van der Waals surface area contributed by atoms with Gasteiger partial charge in [0.1, 0.15) is 5.60 Å². The van der Waals surface area contributed by atoms with Crippen LogP contribution in [0.2, 0.25) is 0 Å². The molecule has 2 saturated heterocycles. The first-order valence-corrected chi connectivity index (χ1v) is 13.5. The van der Waals surface area contributed by atoms with Gasteiger partial charge in [-0.05, 0) is 63.9 Å². The Morgan fingerprint density at radius 3 is 1.85 bits per heavy atom. The van der Waals surface area contributed by atoms with Crippen molar-refractivity contribution in [2.45, 2.75) is 45.4 Å². The first-order chi connectivity index (χ1) is 18.8. The summed E-state index contributed by atoms with van der Waals surface area (Å²) in [6, 6.07) is 15.4. The summed E-state index contributed by atoms with van der Waals surface area (Å²) >= 11 is 0. The summed E-state index contributed by atoms with van der Waals surface area (Å²) in [5.41, 5.74) is 0.475. The van der Waals surface area contributed by atoms with E-state index in [0.29, 0.717) is 51.4 Å². The van der Waals surface area contributed by atoms with E-state index in [2.05, 4.69) is 17.0 Å². The first-order valence-electron chi connectivity index (χ1n) is 13.5. The minimum absolute atomic E-state index is 0.381. The minimum atomic E-state index is -4.36. The molecule has 4 rings (SSSR count). The Morgan fingerprint density at radius 2 is 1.27 bits per heavy atom. The van der Waals surface area contributed by atoms with E-state index >= 15 is 0 Å². The van der Waals surface area contributed by atoms with Crippen LogP contribution in [0.3, 0.4) is 0 Å². The number of para-hydroxylation sites is 1. The first kappa shape index (κ1) is 30.9. The molecule has 2 amide bonds. The fourth-order valence-corrected chi connectivity index (χ4v) is 4.57. The van der Waals surface area contributed by atoms with E-state index in [0.717, 1.165) is 31.6 Å². The third kappa shape index (κ3) is 9.53. The molecular weight excluding hydrogens is 525 g/mol. The maximum atomic E-state index is 12.9. The van der Waals surface area contributed by atoms with Gasteiger partial charge in [-0.15, -0.1) is 0 Å². The molecule has 0 aromatic heterocycles. The van der Waals surface area contributed by atoms with Crippen molar-refractivity contribution in [2.24, 2.45) is 0 Å². The SMILES string of the molecule is CC(C)(C)OC(=O)N1CCCN(c2cccc(C(F)(F)F)c2)CC1.O=C(O)N1CCCN(c2ccccc2)CC1. The van der Waals surface area contributed by atoms with Gasteiger partial charge in [-0.3, -0.25) is 0 Å². The molecule has 11 heteroatoms. The third-order valence-corrected chi connectivity index (χ3v) is 6.57. The van der Waals surface area contributed by atoms with E-state index in [9.17, 15) is 22.8 Å². The lowest BCUT2D eigenvalue weighted by molar-refractivity contribution is -0.137. The lowest BCUT2D eigenvalue weighted by Crippen LogP contribution is -2.39. The van der Waals surface area contributed by atoms with Crippen LogP contribution in [0.4, 0.5) is 34.1 Å². The van der Waals surface area contributed by atoms with Gasteiger partial charge >= 0.3 is 18.4 Å². The number of rotatable bonds is 2. The predicted molar refractivity (Wildman–Crippen MR) is 149 cm³/mol. The van der Waals surface area contributed by atoms with Gasteiger partial charge in [-0.2, -0.15) is 13.2 Å². The van der Waals surface area contributed by atoms with Crippen molar-refractivity contribution in [3.63, 3.8) is 0 Å². The lowest BCUT2D eigenvalue weighted by atomic mass is 10.1. The summed E-state index contributed by atoms with van der Waals surface area (Å²) < 4.78 is 43.9. The second-order valence-electron chi connectivity index (χ2n) is 10.8.